The van der Waals surface area contributed by atoms with E-state index in [1.165, 1.54) is 0 Å². The smallest absolute Gasteiger partial charge is 0.129 e. The van der Waals surface area contributed by atoms with E-state index in [1.807, 2.05) is 0 Å². The van der Waals surface area contributed by atoms with Gasteiger partial charge in [0.15, 0.2) is 0 Å². The fourth-order valence-corrected chi connectivity index (χ4v) is 2.50. The van der Waals surface area contributed by atoms with Crippen LogP contribution in [0.25, 0.3) is 0 Å². The lowest BCUT2D eigenvalue weighted by Gasteiger charge is -2.31. The quantitative estimate of drug-likeness (QED) is 0.810. The van der Waals surface area contributed by atoms with Gasteiger partial charge >= 0.3 is 0 Å². The zero-order valence-corrected chi connectivity index (χ0v) is 13.5. The Morgan fingerprint density at radius 2 is 1.95 bits per heavy atom. The highest BCUT2D eigenvalue weighted by Gasteiger charge is 2.29. The summed E-state index contributed by atoms with van der Waals surface area (Å²) in [6.07, 6.45) is 0. The lowest BCUT2D eigenvalue weighted by Crippen LogP contribution is -2.37. The van der Waals surface area contributed by atoms with Gasteiger partial charge in [-0.15, -0.1) is 0 Å². The van der Waals surface area contributed by atoms with E-state index >= 15 is 0 Å². The predicted molar refractivity (Wildman–Crippen MR) is 83.6 cm³/mol. The summed E-state index contributed by atoms with van der Waals surface area (Å²) in [5, 5.41) is 13.2. The molecule has 0 aromatic heterocycles. The Hall–Kier alpha value is -1.17. The molecule has 6 heteroatoms. The monoisotopic (exact) mass is 375 g/mol. The summed E-state index contributed by atoms with van der Waals surface area (Å²) in [7, 11) is 0. The maximum Gasteiger partial charge on any atom is 0.129 e. The Morgan fingerprint density at radius 3 is 2.57 bits per heavy atom. The molecule has 0 spiro atoms. The summed E-state index contributed by atoms with van der Waals surface area (Å²) in [6, 6.07) is 8.20. The number of aliphatic hydroxyl groups is 1. The van der Waals surface area contributed by atoms with Gasteiger partial charge in [-0.2, -0.15) is 0 Å². The molecule has 2 aromatic carbocycles. The second kappa shape index (κ2) is 6.30. The van der Waals surface area contributed by atoms with Crippen molar-refractivity contribution in [1.29, 1.82) is 0 Å². The zero-order valence-electron chi connectivity index (χ0n) is 11.1. The Morgan fingerprint density at radius 1 is 1.24 bits per heavy atom. The Balaban J connectivity index is 2.41. The maximum absolute atomic E-state index is 13.9. The van der Waals surface area contributed by atoms with Crippen LogP contribution < -0.4 is 5.32 Å². The first-order valence-corrected chi connectivity index (χ1v) is 7.32. The van der Waals surface area contributed by atoms with Gasteiger partial charge in [0.2, 0.25) is 0 Å². The molecular formula is C15H13BrClF2NO. The van der Waals surface area contributed by atoms with Gasteiger partial charge < -0.3 is 10.4 Å². The molecule has 1 atom stereocenters. The highest BCUT2D eigenvalue weighted by molar-refractivity contribution is 9.10. The van der Waals surface area contributed by atoms with E-state index in [2.05, 4.69) is 21.2 Å². The van der Waals surface area contributed by atoms with E-state index in [1.54, 1.807) is 25.1 Å². The van der Waals surface area contributed by atoms with Crippen molar-refractivity contribution in [3.63, 3.8) is 0 Å². The van der Waals surface area contributed by atoms with E-state index in [0.29, 0.717) is 15.2 Å². The van der Waals surface area contributed by atoms with E-state index in [9.17, 15) is 13.9 Å². The minimum atomic E-state index is -1.17. The molecule has 0 saturated heterocycles. The van der Waals surface area contributed by atoms with Crippen LogP contribution in [0.3, 0.4) is 0 Å². The summed E-state index contributed by atoms with van der Waals surface area (Å²) < 4.78 is 28.0. The van der Waals surface area contributed by atoms with Crippen LogP contribution in [0.4, 0.5) is 14.5 Å². The van der Waals surface area contributed by atoms with Gasteiger partial charge in [-0.25, -0.2) is 8.78 Å². The van der Waals surface area contributed by atoms with Crippen LogP contribution in [0.1, 0.15) is 12.5 Å². The van der Waals surface area contributed by atoms with Gasteiger partial charge in [-0.1, -0.05) is 11.6 Å². The number of benzene rings is 2. The molecule has 0 radical (unpaired) electrons. The summed E-state index contributed by atoms with van der Waals surface area (Å²) in [4.78, 5) is 0. The van der Waals surface area contributed by atoms with Crippen LogP contribution >= 0.6 is 27.5 Å². The van der Waals surface area contributed by atoms with Crippen molar-refractivity contribution in [2.45, 2.75) is 12.5 Å². The molecule has 112 valence electrons. The molecule has 0 aliphatic rings. The SMILES string of the molecule is CC(CO)(Nc1ccc(Cl)c(Br)c1)c1cc(F)ccc1F. The number of aliphatic hydroxyl groups excluding tert-OH is 1. The standard InChI is InChI=1S/C15H13BrClF2NO/c1-15(8-21,11-6-9(18)2-5-14(11)19)20-10-3-4-13(17)12(16)7-10/h2-7,20-21H,8H2,1H3. The molecule has 0 bridgehead atoms. The predicted octanol–water partition coefficient (Wildman–Crippen LogP) is 4.70. The van der Waals surface area contributed by atoms with Crippen LogP contribution in [-0.4, -0.2) is 11.7 Å². The number of halogens is 4. The average Bonchev–Trinajstić information content (AvgIpc) is 2.45. The summed E-state index contributed by atoms with van der Waals surface area (Å²) in [6.45, 7) is 1.18. The van der Waals surface area contributed by atoms with E-state index in [-0.39, 0.29) is 5.56 Å². The van der Waals surface area contributed by atoms with Gasteiger partial charge in [0, 0.05) is 15.7 Å². The fraction of sp³-hybridized carbons (Fsp3) is 0.200. The first-order valence-electron chi connectivity index (χ1n) is 6.15. The van der Waals surface area contributed by atoms with Gasteiger partial charge in [0.1, 0.15) is 11.6 Å². The molecule has 0 amide bonds. The Bertz CT molecular complexity index is 668. The minimum absolute atomic E-state index is 0.0519. The highest BCUT2D eigenvalue weighted by Crippen LogP contribution is 2.31. The van der Waals surface area contributed by atoms with E-state index in [4.69, 9.17) is 11.6 Å². The molecule has 0 heterocycles. The van der Waals surface area contributed by atoms with Crippen molar-refractivity contribution in [2.75, 3.05) is 11.9 Å². The molecule has 0 aliphatic carbocycles. The molecular weight excluding hydrogens is 364 g/mol. The van der Waals surface area contributed by atoms with Gasteiger partial charge in [0.25, 0.3) is 0 Å². The number of hydrogen-bond donors (Lipinski definition) is 2. The van der Waals surface area contributed by atoms with Crippen molar-refractivity contribution < 1.29 is 13.9 Å². The first-order chi connectivity index (χ1) is 9.85. The van der Waals surface area contributed by atoms with Crippen LogP contribution in [0.15, 0.2) is 40.9 Å². The van der Waals surface area contributed by atoms with Gasteiger partial charge in [-0.05, 0) is 59.3 Å². The number of anilines is 1. The maximum atomic E-state index is 13.9. The number of hydrogen-bond acceptors (Lipinski definition) is 2. The van der Waals surface area contributed by atoms with E-state index in [0.717, 1.165) is 18.2 Å². The van der Waals surface area contributed by atoms with Crippen LogP contribution in [0, 0.1) is 11.6 Å². The summed E-state index contributed by atoms with van der Waals surface area (Å²) in [5.41, 5.74) is -0.498. The van der Waals surface area contributed by atoms with Crippen LogP contribution in [-0.2, 0) is 5.54 Å². The molecule has 2 nitrogen and oxygen atoms in total. The largest absolute Gasteiger partial charge is 0.394 e. The van der Waals surface area contributed by atoms with Gasteiger partial charge in [0.05, 0.1) is 17.2 Å². The van der Waals surface area contributed by atoms with Crippen molar-refractivity contribution >= 4 is 33.2 Å². The van der Waals surface area contributed by atoms with Crippen molar-refractivity contribution in [3.05, 3.63) is 63.1 Å². The normalized spacial score (nSPS) is 13.8. The lowest BCUT2D eigenvalue weighted by molar-refractivity contribution is 0.220. The zero-order chi connectivity index (χ0) is 15.6. The summed E-state index contributed by atoms with van der Waals surface area (Å²) >= 11 is 9.20. The third-order valence-corrected chi connectivity index (χ3v) is 4.39. The molecule has 0 fully saturated rings. The van der Waals surface area contributed by atoms with Crippen LogP contribution in [0.5, 0.6) is 0 Å². The lowest BCUT2D eigenvalue weighted by atomic mass is 9.91. The molecule has 2 rings (SSSR count). The van der Waals surface area contributed by atoms with Crippen molar-refractivity contribution in [3.8, 4) is 0 Å². The average molecular weight is 377 g/mol. The molecule has 1 unspecified atom stereocenters. The first kappa shape index (κ1) is 16.2. The number of rotatable bonds is 4. The Kier molecular flexibility index (Phi) is 4.86. The second-order valence-corrected chi connectivity index (χ2v) is 6.13. The fourth-order valence-electron chi connectivity index (χ4n) is 2.00. The molecule has 21 heavy (non-hydrogen) atoms. The highest BCUT2D eigenvalue weighted by atomic mass is 79.9. The molecule has 2 aromatic rings. The summed E-state index contributed by atoms with van der Waals surface area (Å²) in [5.74, 6) is -1.15. The Labute approximate surface area is 134 Å². The molecule has 0 saturated carbocycles. The number of nitrogens with one attached hydrogen (secondary N) is 1. The second-order valence-electron chi connectivity index (χ2n) is 4.87. The molecule has 2 N–H and O–H groups in total. The van der Waals surface area contributed by atoms with Gasteiger partial charge in [-0.3, -0.25) is 0 Å². The minimum Gasteiger partial charge on any atom is -0.394 e. The third-order valence-electron chi connectivity index (χ3n) is 3.18. The third kappa shape index (κ3) is 3.54. The van der Waals surface area contributed by atoms with Crippen molar-refractivity contribution in [1.82, 2.24) is 0 Å². The van der Waals surface area contributed by atoms with E-state index < -0.39 is 23.8 Å². The topological polar surface area (TPSA) is 32.3 Å². The molecule has 0 aliphatic heterocycles. The van der Waals surface area contributed by atoms with Crippen LogP contribution in [0.2, 0.25) is 5.02 Å². The van der Waals surface area contributed by atoms with Crippen molar-refractivity contribution in [2.24, 2.45) is 0 Å².